The molecule has 79 valence electrons. The Balaban J connectivity index is 2.21. The number of aryl methyl sites for hydroxylation is 1. The summed E-state index contributed by atoms with van der Waals surface area (Å²) in [7, 11) is 0. The van der Waals surface area contributed by atoms with Crippen LogP contribution in [0.3, 0.4) is 0 Å². The molecule has 15 heavy (non-hydrogen) atoms. The van der Waals surface area contributed by atoms with Gasteiger partial charge in [0.25, 0.3) is 0 Å². The van der Waals surface area contributed by atoms with Crippen LogP contribution in [0.15, 0.2) is 17.6 Å². The van der Waals surface area contributed by atoms with Crippen LogP contribution in [0.1, 0.15) is 31.7 Å². The maximum atomic E-state index is 11.7. The summed E-state index contributed by atoms with van der Waals surface area (Å²) in [4.78, 5) is 4.19. The third kappa shape index (κ3) is 2.29. The molecule has 0 amide bonds. The molecule has 0 atom stereocenters. The standard InChI is InChI=1S/C12H14NOS/c1-2-3-4-5-9-6-10-12(11(14)7-9)15-8-13-10/h6-8H,2-5H2,1H3. The lowest BCUT2D eigenvalue weighted by molar-refractivity contribution is 0.360. The Labute approximate surface area is 93.6 Å². The molecule has 0 fully saturated rings. The molecule has 1 heterocycles. The monoisotopic (exact) mass is 220 g/mol. The smallest absolute Gasteiger partial charge is 0.198 e. The highest BCUT2D eigenvalue weighted by molar-refractivity contribution is 7.17. The number of nitrogens with zero attached hydrogens (tertiary/aromatic N) is 1. The summed E-state index contributed by atoms with van der Waals surface area (Å²) in [5.74, 6) is 0.126. The van der Waals surface area contributed by atoms with Crippen LogP contribution in [0, 0.1) is 0 Å². The zero-order valence-corrected chi connectivity index (χ0v) is 9.64. The zero-order valence-electron chi connectivity index (χ0n) is 8.82. The van der Waals surface area contributed by atoms with E-state index in [9.17, 15) is 5.11 Å². The molecule has 3 heteroatoms. The van der Waals surface area contributed by atoms with Crippen LogP contribution in [-0.4, -0.2) is 4.98 Å². The second-order valence-corrected chi connectivity index (χ2v) is 4.61. The second kappa shape index (κ2) is 4.62. The molecule has 0 unspecified atom stereocenters. The first-order valence-corrected chi connectivity index (χ1v) is 6.22. The average molecular weight is 220 g/mol. The molecule has 0 saturated heterocycles. The van der Waals surface area contributed by atoms with Crippen LogP contribution >= 0.6 is 11.3 Å². The molecule has 2 aromatic rings. The lowest BCUT2D eigenvalue weighted by atomic mass is 10.1. The van der Waals surface area contributed by atoms with E-state index in [2.05, 4.69) is 11.9 Å². The molecule has 1 aromatic heterocycles. The average Bonchev–Trinajstić information content (AvgIpc) is 2.66. The summed E-state index contributed by atoms with van der Waals surface area (Å²) < 4.78 is 0.786. The summed E-state index contributed by atoms with van der Waals surface area (Å²) in [6.07, 6.45) is 4.59. The largest absolute Gasteiger partial charge is 0.288 e. The van der Waals surface area contributed by atoms with Crippen molar-refractivity contribution in [1.82, 2.24) is 4.98 Å². The van der Waals surface area contributed by atoms with Gasteiger partial charge in [-0.25, -0.2) is 4.98 Å². The Morgan fingerprint density at radius 3 is 3.00 bits per heavy atom. The van der Waals surface area contributed by atoms with Crippen molar-refractivity contribution in [3.05, 3.63) is 23.2 Å². The quantitative estimate of drug-likeness (QED) is 0.712. The van der Waals surface area contributed by atoms with E-state index in [0.717, 1.165) is 28.6 Å². The first-order valence-electron chi connectivity index (χ1n) is 5.34. The third-order valence-electron chi connectivity index (χ3n) is 2.53. The molecule has 0 aliphatic heterocycles. The molecule has 0 saturated carbocycles. The third-order valence-corrected chi connectivity index (χ3v) is 3.38. The molecule has 0 aliphatic rings. The number of aromatic nitrogens is 1. The van der Waals surface area contributed by atoms with E-state index in [0.29, 0.717) is 0 Å². The van der Waals surface area contributed by atoms with E-state index in [1.54, 1.807) is 11.6 Å². The summed E-state index contributed by atoms with van der Waals surface area (Å²) in [5.41, 5.74) is 3.73. The van der Waals surface area contributed by atoms with Crippen molar-refractivity contribution in [2.45, 2.75) is 32.6 Å². The predicted molar refractivity (Wildman–Crippen MR) is 63.0 cm³/mol. The van der Waals surface area contributed by atoms with Gasteiger partial charge in [-0.1, -0.05) is 19.8 Å². The fourth-order valence-electron chi connectivity index (χ4n) is 1.72. The number of hydrogen-bond donors (Lipinski definition) is 0. The van der Waals surface area contributed by atoms with Crippen molar-refractivity contribution in [2.75, 3.05) is 0 Å². The summed E-state index contributed by atoms with van der Waals surface area (Å²) >= 11 is 1.43. The Hall–Kier alpha value is -1.09. The van der Waals surface area contributed by atoms with Crippen molar-refractivity contribution >= 4 is 21.6 Å². The van der Waals surface area contributed by atoms with Gasteiger partial charge in [0.15, 0.2) is 5.75 Å². The Morgan fingerprint density at radius 1 is 1.33 bits per heavy atom. The fourth-order valence-corrected chi connectivity index (χ4v) is 2.40. The summed E-state index contributed by atoms with van der Waals surface area (Å²) in [6, 6.07) is 3.80. The van der Waals surface area contributed by atoms with E-state index >= 15 is 0 Å². The fraction of sp³-hybridized carbons (Fsp3) is 0.417. The number of rotatable bonds is 4. The minimum absolute atomic E-state index is 0.126. The molecule has 0 aliphatic carbocycles. The number of thiazole rings is 1. The maximum absolute atomic E-state index is 11.7. The topological polar surface area (TPSA) is 32.8 Å². The van der Waals surface area contributed by atoms with Gasteiger partial charge in [0.2, 0.25) is 0 Å². The zero-order chi connectivity index (χ0) is 10.7. The minimum atomic E-state index is 0.126. The maximum Gasteiger partial charge on any atom is 0.198 e. The van der Waals surface area contributed by atoms with E-state index in [-0.39, 0.29) is 5.75 Å². The molecule has 0 bridgehead atoms. The minimum Gasteiger partial charge on any atom is -0.288 e. The van der Waals surface area contributed by atoms with Gasteiger partial charge in [0.1, 0.15) is 4.70 Å². The van der Waals surface area contributed by atoms with Crippen molar-refractivity contribution in [1.29, 1.82) is 0 Å². The van der Waals surface area contributed by atoms with Crippen molar-refractivity contribution in [2.24, 2.45) is 0 Å². The first kappa shape index (κ1) is 10.4. The Bertz CT molecular complexity index is 450. The summed E-state index contributed by atoms with van der Waals surface area (Å²) in [6.45, 7) is 2.18. The molecule has 2 rings (SSSR count). The molecule has 0 spiro atoms. The lowest BCUT2D eigenvalue weighted by Gasteiger charge is -2.00. The number of benzene rings is 1. The second-order valence-electron chi connectivity index (χ2n) is 3.75. The first-order chi connectivity index (χ1) is 7.31. The van der Waals surface area contributed by atoms with Gasteiger partial charge in [-0.3, -0.25) is 5.11 Å². The van der Waals surface area contributed by atoms with Gasteiger partial charge in [0, 0.05) is 0 Å². The van der Waals surface area contributed by atoms with Gasteiger partial charge in [-0.2, -0.15) is 0 Å². The van der Waals surface area contributed by atoms with Crippen molar-refractivity contribution < 1.29 is 5.11 Å². The molecular formula is C12H14NOS. The van der Waals surface area contributed by atoms with Crippen LogP contribution in [0.4, 0.5) is 0 Å². The van der Waals surface area contributed by atoms with Crippen LogP contribution in [0.5, 0.6) is 5.75 Å². The van der Waals surface area contributed by atoms with Crippen molar-refractivity contribution in [3.8, 4) is 5.75 Å². The Kier molecular flexibility index (Phi) is 3.21. The highest BCUT2D eigenvalue weighted by Crippen LogP contribution is 2.30. The highest BCUT2D eigenvalue weighted by atomic mass is 32.1. The van der Waals surface area contributed by atoms with Crippen LogP contribution in [0.25, 0.3) is 10.2 Å². The van der Waals surface area contributed by atoms with Crippen LogP contribution in [-0.2, 0) is 11.5 Å². The van der Waals surface area contributed by atoms with Gasteiger partial charge in [-0.15, -0.1) is 11.3 Å². The highest BCUT2D eigenvalue weighted by Gasteiger charge is 2.06. The van der Waals surface area contributed by atoms with E-state index in [1.165, 1.54) is 24.2 Å². The van der Waals surface area contributed by atoms with Gasteiger partial charge in [0.05, 0.1) is 11.0 Å². The normalized spacial score (nSPS) is 11.0. The van der Waals surface area contributed by atoms with E-state index < -0.39 is 0 Å². The van der Waals surface area contributed by atoms with Crippen LogP contribution < -0.4 is 0 Å². The predicted octanol–water partition coefficient (Wildman–Crippen LogP) is 4.17. The molecule has 2 nitrogen and oxygen atoms in total. The SMILES string of the molecule is CCCCCc1cc([O])c2scnc2c1. The number of fused-ring (bicyclic) bond motifs is 1. The Morgan fingerprint density at radius 2 is 2.20 bits per heavy atom. The summed E-state index contributed by atoms with van der Waals surface area (Å²) in [5, 5.41) is 11.7. The van der Waals surface area contributed by atoms with Gasteiger partial charge >= 0.3 is 0 Å². The van der Waals surface area contributed by atoms with Gasteiger partial charge < -0.3 is 0 Å². The lowest BCUT2D eigenvalue weighted by Crippen LogP contribution is -1.85. The van der Waals surface area contributed by atoms with E-state index in [1.807, 2.05) is 6.07 Å². The molecular weight excluding hydrogens is 206 g/mol. The van der Waals surface area contributed by atoms with Crippen molar-refractivity contribution in [3.63, 3.8) is 0 Å². The molecule has 1 radical (unpaired) electrons. The van der Waals surface area contributed by atoms with Gasteiger partial charge in [-0.05, 0) is 30.5 Å². The molecule has 0 N–H and O–H groups in total. The van der Waals surface area contributed by atoms with Crippen LogP contribution in [0.2, 0.25) is 0 Å². The number of hydrogen-bond acceptors (Lipinski definition) is 2. The van der Waals surface area contributed by atoms with E-state index in [4.69, 9.17) is 0 Å². The molecule has 1 aromatic carbocycles. The number of unbranched alkanes of at least 4 members (excludes halogenated alkanes) is 2.